The second-order valence-corrected chi connectivity index (χ2v) is 4.39. The lowest BCUT2D eigenvalue weighted by molar-refractivity contribution is 0.271. The highest BCUT2D eigenvalue weighted by Crippen LogP contribution is 2.40. The highest BCUT2D eigenvalue weighted by molar-refractivity contribution is 5.61. The zero-order chi connectivity index (χ0) is 10.9. The van der Waals surface area contributed by atoms with Gasteiger partial charge in [0.25, 0.3) is 0 Å². The predicted molar refractivity (Wildman–Crippen MR) is 64.2 cm³/mol. The van der Waals surface area contributed by atoms with Gasteiger partial charge in [-0.15, -0.1) is 0 Å². The van der Waals surface area contributed by atoms with Gasteiger partial charge in [0.05, 0.1) is 19.6 Å². The van der Waals surface area contributed by atoms with Crippen LogP contribution in [0.4, 0.5) is 5.69 Å². The first-order valence-corrected chi connectivity index (χ1v) is 5.91. The molecular weight excluding hydrogens is 186 g/mol. The molecule has 1 aromatic rings. The van der Waals surface area contributed by atoms with Gasteiger partial charge in [-0.2, -0.15) is 0 Å². The molecule has 1 aliphatic rings. The molecular formula is C13H20NO+. The number of para-hydroxylation sites is 1. The summed E-state index contributed by atoms with van der Waals surface area (Å²) >= 11 is 0. The summed E-state index contributed by atoms with van der Waals surface area (Å²) in [5, 5.41) is 10.0. The van der Waals surface area contributed by atoms with E-state index in [0.29, 0.717) is 5.75 Å². The van der Waals surface area contributed by atoms with E-state index in [1.807, 2.05) is 12.1 Å². The van der Waals surface area contributed by atoms with Crippen molar-refractivity contribution in [3.05, 3.63) is 23.8 Å². The van der Waals surface area contributed by atoms with E-state index in [1.165, 1.54) is 17.7 Å². The van der Waals surface area contributed by atoms with Crippen LogP contribution < -0.4 is 4.48 Å². The summed E-state index contributed by atoms with van der Waals surface area (Å²) in [7, 11) is 0. The first kappa shape index (κ1) is 10.5. The average Bonchev–Trinajstić information content (AvgIpc) is 2.28. The number of aromatic hydroxyl groups is 1. The van der Waals surface area contributed by atoms with Crippen molar-refractivity contribution < 1.29 is 5.11 Å². The van der Waals surface area contributed by atoms with E-state index in [2.05, 4.69) is 19.9 Å². The van der Waals surface area contributed by atoms with Gasteiger partial charge in [-0.1, -0.05) is 12.1 Å². The van der Waals surface area contributed by atoms with Crippen molar-refractivity contribution in [2.45, 2.75) is 26.7 Å². The summed E-state index contributed by atoms with van der Waals surface area (Å²) in [5.41, 5.74) is 2.51. The van der Waals surface area contributed by atoms with Gasteiger partial charge in [-0.3, -0.25) is 4.48 Å². The van der Waals surface area contributed by atoms with Gasteiger partial charge in [0, 0.05) is 12.0 Å². The number of fused-ring (bicyclic) bond motifs is 1. The van der Waals surface area contributed by atoms with Gasteiger partial charge >= 0.3 is 0 Å². The molecule has 2 heteroatoms. The summed E-state index contributed by atoms with van der Waals surface area (Å²) < 4.78 is 0.946. The van der Waals surface area contributed by atoms with Crippen LogP contribution in [-0.4, -0.2) is 24.7 Å². The van der Waals surface area contributed by atoms with Crippen molar-refractivity contribution in [3.63, 3.8) is 0 Å². The molecule has 82 valence electrons. The Balaban J connectivity index is 2.58. The van der Waals surface area contributed by atoms with Crippen LogP contribution in [0.5, 0.6) is 5.75 Å². The molecule has 0 bridgehead atoms. The van der Waals surface area contributed by atoms with E-state index in [4.69, 9.17) is 0 Å². The Bertz CT molecular complexity index is 356. The van der Waals surface area contributed by atoms with Crippen molar-refractivity contribution in [1.29, 1.82) is 0 Å². The molecule has 1 heterocycles. The fourth-order valence-electron chi connectivity index (χ4n) is 2.87. The van der Waals surface area contributed by atoms with Gasteiger partial charge in [0.2, 0.25) is 0 Å². The van der Waals surface area contributed by atoms with Crippen molar-refractivity contribution in [1.82, 2.24) is 4.48 Å². The van der Waals surface area contributed by atoms with Crippen molar-refractivity contribution in [2.24, 2.45) is 0 Å². The molecule has 0 radical (unpaired) electrons. The Labute approximate surface area is 91.7 Å². The van der Waals surface area contributed by atoms with Crippen LogP contribution in [0.25, 0.3) is 0 Å². The zero-order valence-electron chi connectivity index (χ0n) is 9.66. The average molecular weight is 206 g/mol. The molecule has 0 saturated heterocycles. The molecule has 0 unspecified atom stereocenters. The lowest BCUT2D eigenvalue weighted by Gasteiger charge is -2.40. The number of quaternary nitrogens is 1. The minimum atomic E-state index is 0.482. The van der Waals surface area contributed by atoms with Crippen LogP contribution in [0.3, 0.4) is 0 Å². The Morgan fingerprint density at radius 1 is 1.27 bits per heavy atom. The predicted octanol–water partition coefficient (Wildman–Crippen LogP) is 2.69. The number of phenols is 1. The Morgan fingerprint density at radius 2 is 2.00 bits per heavy atom. The monoisotopic (exact) mass is 206 g/mol. The van der Waals surface area contributed by atoms with Crippen molar-refractivity contribution in [2.75, 3.05) is 19.6 Å². The summed E-state index contributed by atoms with van der Waals surface area (Å²) in [4.78, 5) is 0. The third-order valence-corrected chi connectivity index (χ3v) is 3.82. The number of aryl methyl sites for hydroxylation is 1. The molecule has 0 amide bonds. The molecule has 0 saturated carbocycles. The van der Waals surface area contributed by atoms with Gasteiger partial charge in [0.1, 0.15) is 0 Å². The maximum absolute atomic E-state index is 10.0. The fourth-order valence-corrected chi connectivity index (χ4v) is 2.87. The molecule has 0 aromatic heterocycles. The molecule has 0 atom stereocenters. The SMILES string of the molecule is CC[N+]1(CC)CCCc2cccc(O)c21. The lowest BCUT2D eigenvalue weighted by Crippen LogP contribution is -2.52. The maximum atomic E-state index is 10.0. The van der Waals surface area contributed by atoms with E-state index in [1.54, 1.807) is 0 Å². The third-order valence-electron chi connectivity index (χ3n) is 3.82. The molecule has 0 aliphatic carbocycles. The third kappa shape index (κ3) is 1.53. The van der Waals surface area contributed by atoms with Crippen molar-refractivity contribution in [3.8, 4) is 5.75 Å². The summed E-state index contributed by atoms with van der Waals surface area (Å²) in [6.45, 7) is 7.73. The lowest BCUT2D eigenvalue weighted by atomic mass is 9.98. The van der Waals surface area contributed by atoms with Gasteiger partial charge in [-0.05, 0) is 26.3 Å². The van der Waals surface area contributed by atoms with Crippen LogP contribution in [-0.2, 0) is 6.42 Å². The summed E-state index contributed by atoms with van der Waals surface area (Å²) in [6, 6.07) is 5.94. The molecule has 1 N–H and O–H groups in total. The molecule has 2 rings (SSSR count). The molecule has 1 aromatic carbocycles. The van der Waals surface area contributed by atoms with E-state index < -0.39 is 0 Å². The van der Waals surface area contributed by atoms with E-state index in [-0.39, 0.29) is 0 Å². The van der Waals surface area contributed by atoms with E-state index >= 15 is 0 Å². The summed E-state index contributed by atoms with van der Waals surface area (Å²) in [5.74, 6) is 0.482. The number of hydrogen-bond acceptors (Lipinski definition) is 1. The Hall–Kier alpha value is -1.02. The van der Waals surface area contributed by atoms with Crippen LogP contribution in [0.1, 0.15) is 25.8 Å². The topological polar surface area (TPSA) is 20.2 Å². The molecule has 0 spiro atoms. The second kappa shape index (κ2) is 3.86. The van der Waals surface area contributed by atoms with Crippen LogP contribution >= 0.6 is 0 Å². The highest BCUT2D eigenvalue weighted by Gasteiger charge is 2.35. The molecule has 15 heavy (non-hydrogen) atoms. The minimum absolute atomic E-state index is 0.482. The van der Waals surface area contributed by atoms with Gasteiger partial charge in [0.15, 0.2) is 11.4 Å². The first-order chi connectivity index (χ1) is 7.23. The second-order valence-electron chi connectivity index (χ2n) is 4.39. The fraction of sp³-hybridized carbons (Fsp3) is 0.538. The number of hydrogen-bond donors (Lipinski definition) is 1. The van der Waals surface area contributed by atoms with Crippen molar-refractivity contribution >= 4 is 5.69 Å². The maximum Gasteiger partial charge on any atom is 0.178 e. The first-order valence-electron chi connectivity index (χ1n) is 5.91. The Morgan fingerprint density at radius 3 is 2.67 bits per heavy atom. The Kier molecular flexibility index (Phi) is 2.70. The molecule has 2 nitrogen and oxygen atoms in total. The van der Waals surface area contributed by atoms with Crippen LogP contribution in [0.2, 0.25) is 0 Å². The number of rotatable bonds is 2. The van der Waals surface area contributed by atoms with Gasteiger partial charge in [-0.25, -0.2) is 0 Å². The van der Waals surface area contributed by atoms with E-state index in [9.17, 15) is 5.11 Å². The number of benzene rings is 1. The van der Waals surface area contributed by atoms with Crippen LogP contribution in [0.15, 0.2) is 18.2 Å². The number of phenolic OH excluding ortho intramolecular Hbond substituents is 1. The molecule has 1 aliphatic heterocycles. The van der Waals surface area contributed by atoms with E-state index in [0.717, 1.165) is 30.5 Å². The highest BCUT2D eigenvalue weighted by atomic mass is 16.3. The smallest absolute Gasteiger partial charge is 0.178 e. The minimum Gasteiger partial charge on any atom is -0.503 e. The standard InChI is InChI=1S/C13H19NO/c1-3-14(4-2)10-6-8-11-7-5-9-12(15)13(11)14/h5,7,9H,3-4,6,8,10H2,1-2H3/p+1. The summed E-state index contributed by atoms with van der Waals surface area (Å²) in [6.07, 6.45) is 2.35. The van der Waals surface area contributed by atoms with Crippen LogP contribution in [0, 0.1) is 0 Å². The zero-order valence-corrected chi connectivity index (χ0v) is 9.66. The molecule has 0 fully saturated rings. The van der Waals surface area contributed by atoms with Gasteiger partial charge < -0.3 is 5.11 Å². The number of nitrogens with zero attached hydrogens (tertiary/aromatic N) is 1. The normalized spacial score (nSPS) is 18.5. The largest absolute Gasteiger partial charge is 0.503 e. The quantitative estimate of drug-likeness (QED) is 0.738.